The largest absolute Gasteiger partial charge is 0.323 e. The molecule has 2 nitrogen and oxygen atoms in total. The van der Waals surface area contributed by atoms with Crippen LogP contribution < -0.4 is 5.73 Å². The van der Waals surface area contributed by atoms with Crippen molar-refractivity contribution < 1.29 is 0 Å². The highest BCUT2D eigenvalue weighted by molar-refractivity contribution is 7.99. The fourth-order valence-electron chi connectivity index (χ4n) is 1.94. The smallest absolute Gasteiger partial charge is 0.0960 e. The van der Waals surface area contributed by atoms with Crippen LogP contribution in [0.5, 0.6) is 0 Å². The minimum Gasteiger partial charge on any atom is -0.323 e. The zero-order valence-electron chi connectivity index (χ0n) is 10.8. The molecule has 0 bridgehead atoms. The van der Waals surface area contributed by atoms with Gasteiger partial charge in [-0.05, 0) is 37.1 Å². The van der Waals surface area contributed by atoms with Gasteiger partial charge in [0.1, 0.15) is 0 Å². The molecule has 0 saturated carbocycles. The lowest BCUT2D eigenvalue weighted by Gasteiger charge is -2.14. The molecule has 0 spiro atoms. The number of aryl methyl sites for hydroxylation is 2. The zero-order valence-corrected chi connectivity index (χ0v) is 11.6. The molecule has 1 unspecified atom stereocenters. The van der Waals surface area contributed by atoms with Crippen LogP contribution in [0.4, 0.5) is 0 Å². The van der Waals surface area contributed by atoms with Crippen molar-refractivity contribution in [3.63, 3.8) is 0 Å². The van der Waals surface area contributed by atoms with Crippen molar-refractivity contribution in [2.24, 2.45) is 5.73 Å². The van der Waals surface area contributed by atoms with Gasteiger partial charge in [-0.2, -0.15) is 0 Å². The summed E-state index contributed by atoms with van der Waals surface area (Å²) in [6.07, 6.45) is 1.81. The fourth-order valence-corrected chi connectivity index (χ4v) is 2.78. The predicted octanol–water partition coefficient (Wildman–Crippen LogP) is 3.49. The third-order valence-corrected chi connectivity index (χ3v) is 3.94. The first-order chi connectivity index (χ1) is 8.66. The Labute approximate surface area is 113 Å². The minimum atomic E-state index is 0.0533. The summed E-state index contributed by atoms with van der Waals surface area (Å²) in [5.41, 5.74) is 10.0. The first-order valence-corrected chi connectivity index (χ1v) is 7.02. The molecule has 3 heteroatoms. The van der Waals surface area contributed by atoms with Crippen molar-refractivity contribution in [2.45, 2.75) is 24.9 Å². The SMILES string of the molecule is Cc1ccc(C(N)CSc2ccccn2)c(C)c1. The Bertz CT molecular complexity index is 511. The maximum absolute atomic E-state index is 6.25. The second-order valence-corrected chi connectivity index (χ2v) is 5.49. The zero-order chi connectivity index (χ0) is 13.0. The first-order valence-electron chi connectivity index (χ1n) is 6.03. The number of pyridine rings is 1. The van der Waals surface area contributed by atoms with E-state index in [0.29, 0.717) is 0 Å². The van der Waals surface area contributed by atoms with Crippen molar-refractivity contribution >= 4 is 11.8 Å². The Morgan fingerprint density at radius 1 is 1.22 bits per heavy atom. The average molecular weight is 258 g/mol. The molecule has 1 atom stereocenters. The Hall–Kier alpha value is -1.32. The molecule has 0 fully saturated rings. The summed E-state index contributed by atoms with van der Waals surface area (Å²) < 4.78 is 0. The molecular weight excluding hydrogens is 240 g/mol. The molecule has 0 aliphatic carbocycles. The van der Waals surface area contributed by atoms with E-state index in [0.717, 1.165) is 10.8 Å². The third-order valence-electron chi connectivity index (χ3n) is 2.87. The Balaban J connectivity index is 2.01. The minimum absolute atomic E-state index is 0.0533. The third kappa shape index (κ3) is 3.34. The number of benzene rings is 1. The van der Waals surface area contributed by atoms with Crippen molar-refractivity contribution in [1.82, 2.24) is 4.98 Å². The molecule has 94 valence electrons. The van der Waals surface area contributed by atoms with Crippen LogP contribution in [0.2, 0.25) is 0 Å². The first kappa shape index (κ1) is 13.1. The topological polar surface area (TPSA) is 38.9 Å². The molecule has 2 N–H and O–H groups in total. The molecule has 0 aliphatic heterocycles. The molecule has 1 aromatic carbocycles. The summed E-state index contributed by atoms with van der Waals surface area (Å²) in [5.74, 6) is 0.848. The van der Waals surface area contributed by atoms with Crippen LogP contribution in [-0.4, -0.2) is 10.7 Å². The van der Waals surface area contributed by atoms with Gasteiger partial charge in [0, 0.05) is 18.0 Å². The number of hydrogen-bond donors (Lipinski definition) is 1. The van der Waals surface area contributed by atoms with Gasteiger partial charge >= 0.3 is 0 Å². The molecule has 2 aromatic rings. The van der Waals surface area contributed by atoms with E-state index in [-0.39, 0.29) is 6.04 Å². The monoisotopic (exact) mass is 258 g/mol. The van der Waals surface area contributed by atoms with Gasteiger partial charge in [0.15, 0.2) is 0 Å². The molecule has 18 heavy (non-hydrogen) atoms. The number of nitrogens with zero attached hydrogens (tertiary/aromatic N) is 1. The highest BCUT2D eigenvalue weighted by atomic mass is 32.2. The molecule has 1 aromatic heterocycles. The summed E-state index contributed by atoms with van der Waals surface area (Å²) in [6.45, 7) is 4.22. The Morgan fingerprint density at radius 2 is 2.06 bits per heavy atom. The number of rotatable bonds is 4. The van der Waals surface area contributed by atoms with E-state index in [4.69, 9.17) is 5.73 Å². The van der Waals surface area contributed by atoms with Gasteiger partial charge in [-0.3, -0.25) is 0 Å². The summed E-state index contributed by atoms with van der Waals surface area (Å²) in [5, 5.41) is 1.03. The lowest BCUT2D eigenvalue weighted by molar-refractivity contribution is 0.820. The highest BCUT2D eigenvalue weighted by Gasteiger charge is 2.09. The van der Waals surface area contributed by atoms with Crippen LogP contribution in [-0.2, 0) is 0 Å². The highest BCUT2D eigenvalue weighted by Crippen LogP contribution is 2.24. The van der Waals surface area contributed by atoms with E-state index in [1.807, 2.05) is 24.4 Å². The van der Waals surface area contributed by atoms with Crippen molar-refractivity contribution in [3.8, 4) is 0 Å². The maximum atomic E-state index is 6.25. The molecule has 1 heterocycles. The average Bonchev–Trinajstić information content (AvgIpc) is 2.37. The summed E-state index contributed by atoms with van der Waals surface area (Å²) in [6, 6.07) is 12.4. The molecular formula is C15H18N2S. The van der Waals surface area contributed by atoms with E-state index < -0.39 is 0 Å². The van der Waals surface area contributed by atoms with Gasteiger partial charge in [0.2, 0.25) is 0 Å². The predicted molar refractivity (Wildman–Crippen MR) is 77.8 cm³/mol. The lowest BCUT2D eigenvalue weighted by Crippen LogP contribution is -2.14. The summed E-state index contributed by atoms with van der Waals surface area (Å²) in [4.78, 5) is 4.29. The van der Waals surface area contributed by atoms with E-state index in [9.17, 15) is 0 Å². The summed E-state index contributed by atoms with van der Waals surface area (Å²) in [7, 11) is 0. The van der Waals surface area contributed by atoms with Crippen LogP contribution in [0, 0.1) is 13.8 Å². The van der Waals surface area contributed by atoms with Gasteiger partial charge in [0.05, 0.1) is 5.03 Å². The second-order valence-electron chi connectivity index (χ2n) is 4.45. The molecule has 0 aliphatic rings. The van der Waals surface area contributed by atoms with Gasteiger partial charge < -0.3 is 5.73 Å². The maximum Gasteiger partial charge on any atom is 0.0960 e. The number of nitrogens with two attached hydrogens (primary N) is 1. The van der Waals surface area contributed by atoms with Crippen LogP contribution in [0.3, 0.4) is 0 Å². The van der Waals surface area contributed by atoms with E-state index in [1.54, 1.807) is 11.8 Å². The van der Waals surface area contributed by atoms with Gasteiger partial charge in [-0.25, -0.2) is 4.98 Å². The van der Waals surface area contributed by atoms with E-state index in [1.165, 1.54) is 16.7 Å². The van der Waals surface area contributed by atoms with Crippen LogP contribution in [0.1, 0.15) is 22.7 Å². The number of aromatic nitrogens is 1. The van der Waals surface area contributed by atoms with Crippen molar-refractivity contribution in [3.05, 3.63) is 59.3 Å². The van der Waals surface area contributed by atoms with Crippen molar-refractivity contribution in [2.75, 3.05) is 5.75 Å². The quantitative estimate of drug-likeness (QED) is 0.853. The molecule has 2 rings (SSSR count). The van der Waals surface area contributed by atoms with Gasteiger partial charge in [-0.1, -0.05) is 29.8 Å². The molecule has 0 radical (unpaired) electrons. The van der Waals surface area contributed by atoms with Crippen LogP contribution in [0.25, 0.3) is 0 Å². The van der Waals surface area contributed by atoms with Crippen LogP contribution >= 0.6 is 11.8 Å². The van der Waals surface area contributed by atoms with Gasteiger partial charge in [-0.15, -0.1) is 11.8 Å². The van der Waals surface area contributed by atoms with Crippen molar-refractivity contribution in [1.29, 1.82) is 0 Å². The molecule has 0 amide bonds. The van der Waals surface area contributed by atoms with E-state index in [2.05, 4.69) is 37.0 Å². The number of hydrogen-bond acceptors (Lipinski definition) is 3. The molecule has 0 saturated heterocycles. The lowest BCUT2D eigenvalue weighted by atomic mass is 10.0. The van der Waals surface area contributed by atoms with Gasteiger partial charge in [0.25, 0.3) is 0 Å². The number of thioether (sulfide) groups is 1. The standard InChI is InChI=1S/C15H18N2S/c1-11-6-7-13(12(2)9-11)14(16)10-18-15-5-3-4-8-17-15/h3-9,14H,10,16H2,1-2H3. The second kappa shape index (κ2) is 6.03. The normalized spacial score (nSPS) is 12.4. The Morgan fingerprint density at radius 3 is 2.72 bits per heavy atom. The Kier molecular flexibility index (Phi) is 4.39. The summed E-state index contributed by atoms with van der Waals surface area (Å²) >= 11 is 1.70. The fraction of sp³-hybridized carbons (Fsp3) is 0.267. The van der Waals surface area contributed by atoms with Crippen LogP contribution in [0.15, 0.2) is 47.6 Å². The van der Waals surface area contributed by atoms with E-state index >= 15 is 0 Å².